The van der Waals surface area contributed by atoms with E-state index in [0.717, 1.165) is 6.54 Å². The molecule has 0 unspecified atom stereocenters. The lowest BCUT2D eigenvalue weighted by Crippen LogP contribution is -2.28. The molecule has 1 fully saturated rings. The van der Waals surface area contributed by atoms with Crippen LogP contribution < -0.4 is 5.32 Å². The van der Waals surface area contributed by atoms with Gasteiger partial charge in [0.05, 0.1) is 6.54 Å². The van der Waals surface area contributed by atoms with Gasteiger partial charge in [0.15, 0.2) is 0 Å². The van der Waals surface area contributed by atoms with Crippen molar-refractivity contribution in [1.82, 2.24) is 5.32 Å². The zero-order chi connectivity index (χ0) is 12.3. The lowest BCUT2D eigenvalue weighted by Gasteiger charge is -2.23. The molecular weight excluding hydrogens is 218 g/mol. The second-order valence-corrected chi connectivity index (χ2v) is 5.19. The van der Waals surface area contributed by atoms with Crippen LogP contribution in [-0.2, 0) is 6.54 Å². The second kappa shape index (κ2) is 4.92. The van der Waals surface area contributed by atoms with Gasteiger partial charge in [0.25, 0.3) is 0 Å². The van der Waals surface area contributed by atoms with Gasteiger partial charge in [-0.1, -0.05) is 19.8 Å². The Morgan fingerprint density at radius 3 is 2.76 bits per heavy atom. The Balaban J connectivity index is 1.79. The van der Waals surface area contributed by atoms with E-state index in [4.69, 9.17) is 9.52 Å². The van der Waals surface area contributed by atoms with Crippen molar-refractivity contribution < 1.29 is 14.3 Å². The summed E-state index contributed by atoms with van der Waals surface area (Å²) in [6.07, 6.45) is 5.20. The van der Waals surface area contributed by atoms with Gasteiger partial charge in [-0.25, -0.2) is 4.79 Å². The highest BCUT2D eigenvalue weighted by atomic mass is 16.4. The van der Waals surface area contributed by atoms with E-state index in [-0.39, 0.29) is 5.76 Å². The maximum atomic E-state index is 10.6. The van der Waals surface area contributed by atoms with Crippen LogP contribution in [0.1, 0.15) is 48.9 Å². The van der Waals surface area contributed by atoms with Crippen molar-refractivity contribution in [2.75, 3.05) is 6.54 Å². The summed E-state index contributed by atoms with van der Waals surface area (Å²) in [5.74, 6) is -0.322. The van der Waals surface area contributed by atoms with Crippen molar-refractivity contribution in [3.8, 4) is 0 Å². The lowest BCUT2D eigenvalue weighted by molar-refractivity contribution is 0.0660. The zero-order valence-electron chi connectivity index (χ0n) is 10.2. The van der Waals surface area contributed by atoms with Crippen LogP contribution in [0.2, 0.25) is 0 Å². The number of hydrogen-bond acceptors (Lipinski definition) is 3. The molecule has 1 aliphatic rings. The Kier molecular flexibility index (Phi) is 3.52. The summed E-state index contributed by atoms with van der Waals surface area (Å²) in [5.41, 5.74) is 0.405. The third-order valence-electron chi connectivity index (χ3n) is 3.53. The summed E-state index contributed by atoms with van der Waals surface area (Å²) in [6, 6.07) is 3.21. The van der Waals surface area contributed by atoms with Crippen molar-refractivity contribution in [1.29, 1.82) is 0 Å². The van der Waals surface area contributed by atoms with Gasteiger partial charge in [0, 0.05) is 6.54 Å². The van der Waals surface area contributed by atoms with E-state index in [0.29, 0.717) is 17.7 Å². The molecule has 4 nitrogen and oxygen atoms in total. The molecule has 4 heteroatoms. The van der Waals surface area contributed by atoms with Crippen molar-refractivity contribution in [2.45, 2.75) is 39.2 Å². The van der Waals surface area contributed by atoms with Gasteiger partial charge in [-0.3, -0.25) is 0 Å². The van der Waals surface area contributed by atoms with Gasteiger partial charge in [-0.2, -0.15) is 0 Å². The fourth-order valence-electron chi connectivity index (χ4n) is 2.48. The first-order valence-corrected chi connectivity index (χ1v) is 6.12. The van der Waals surface area contributed by atoms with Gasteiger partial charge in [-0.15, -0.1) is 0 Å². The number of nitrogens with one attached hydrogen (secondary N) is 1. The number of carbonyl (C=O) groups is 1. The third kappa shape index (κ3) is 3.09. The van der Waals surface area contributed by atoms with Crippen LogP contribution >= 0.6 is 0 Å². The summed E-state index contributed by atoms with van der Waals surface area (Å²) in [7, 11) is 0. The summed E-state index contributed by atoms with van der Waals surface area (Å²) >= 11 is 0. The van der Waals surface area contributed by atoms with E-state index < -0.39 is 5.97 Å². The highest BCUT2D eigenvalue weighted by molar-refractivity contribution is 5.84. The van der Waals surface area contributed by atoms with Gasteiger partial charge in [0.1, 0.15) is 5.76 Å². The molecule has 1 aliphatic carbocycles. The minimum atomic E-state index is -1.01. The van der Waals surface area contributed by atoms with Crippen LogP contribution in [0.5, 0.6) is 0 Å². The van der Waals surface area contributed by atoms with Crippen LogP contribution in [0.4, 0.5) is 0 Å². The molecule has 0 radical (unpaired) electrons. The van der Waals surface area contributed by atoms with Crippen molar-refractivity contribution >= 4 is 5.97 Å². The molecule has 0 atom stereocenters. The molecule has 0 saturated heterocycles. The van der Waals surface area contributed by atoms with Crippen molar-refractivity contribution in [3.05, 3.63) is 23.7 Å². The van der Waals surface area contributed by atoms with Gasteiger partial charge in [-0.05, 0) is 30.4 Å². The first-order chi connectivity index (χ1) is 8.09. The number of carboxylic acids is 1. The van der Waals surface area contributed by atoms with E-state index in [9.17, 15) is 4.79 Å². The van der Waals surface area contributed by atoms with Crippen LogP contribution in [0.25, 0.3) is 0 Å². The maximum Gasteiger partial charge on any atom is 0.371 e. The molecule has 1 heterocycles. The average molecular weight is 237 g/mol. The van der Waals surface area contributed by atoms with E-state index >= 15 is 0 Å². The second-order valence-electron chi connectivity index (χ2n) is 5.19. The molecule has 94 valence electrons. The Morgan fingerprint density at radius 1 is 1.47 bits per heavy atom. The molecule has 0 bridgehead atoms. The summed E-state index contributed by atoms with van der Waals surface area (Å²) in [5, 5.41) is 12.1. The molecule has 2 rings (SSSR count). The molecule has 2 N–H and O–H groups in total. The Hall–Kier alpha value is -1.29. The first kappa shape index (κ1) is 12.2. The van der Waals surface area contributed by atoms with Gasteiger partial charge < -0.3 is 14.8 Å². The van der Waals surface area contributed by atoms with Crippen molar-refractivity contribution in [3.63, 3.8) is 0 Å². The molecule has 1 aromatic rings. The summed E-state index contributed by atoms with van der Waals surface area (Å²) in [6.45, 7) is 3.87. The molecule has 0 amide bonds. The molecule has 1 aromatic heterocycles. The van der Waals surface area contributed by atoms with E-state index in [1.807, 2.05) is 0 Å². The highest BCUT2D eigenvalue weighted by Crippen LogP contribution is 2.36. The fraction of sp³-hybridized carbons (Fsp3) is 0.615. The largest absolute Gasteiger partial charge is 0.475 e. The lowest BCUT2D eigenvalue weighted by atomic mass is 9.89. The minimum absolute atomic E-state index is 0.00822. The topological polar surface area (TPSA) is 62.5 Å². The SMILES string of the molecule is CC1(CNCc2ccc(C(=O)O)o2)CCCC1. The maximum absolute atomic E-state index is 10.6. The zero-order valence-corrected chi connectivity index (χ0v) is 10.2. The van der Waals surface area contributed by atoms with E-state index in [2.05, 4.69) is 12.2 Å². The van der Waals surface area contributed by atoms with Gasteiger partial charge in [0.2, 0.25) is 5.76 Å². The van der Waals surface area contributed by atoms with Crippen LogP contribution in [0, 0.1) is 5.41 Å². The standard InChI is InChI=1S/C13H19NO3/c1-13(6-2-3-7-13)9-14-8-10-4-5-11(17-10)12(15)16/h4-5,14H,2-3,6-9H2,1H3,(H,15,16). The van der Waals surface area contributed by atoms with Crippen molar-refractivity contribution in [2.24, 2.45) is 5.41 Å². The summed E-state index contributed by atoms with van der Waals surface area (Å²) in [4.78, 5) is 10.6. The number of furan rings is 1. The average Bonchev–Trinajstić information content (AvgIpc) is 2.88. The number of aromatic carboxylic acids is 1. The smallest absolute Gasteiger partial charge is 0.371 e. The van der Waals surface area contributed by atoms with Gasteiger partial charge >= 0.3 is 5.97 Å². The van der Waals surface area contributed by atoms with Crippen LogP contribution in [-0.4, -0.2) is 17.6 Å². The van der Waals surface area contributed by atoms with E-state index in [1.165, 1.54) is 31.7 Å². The Bertz CT molecular complexity index is 391. The first-order valence-electron chi connectivity index (χ1n) is 6.12. The third-order valence-corrected chi connectivity index (χ3v) is 3.53. The quantitative estimate of drug-likeness (QED) is 0.826. The molecule has 0 spiro atoms. The number of hydrogen-bond donors (Lipinski definition) is 2. The molecule has 1 saturated carbocycles. The van der Waals surface area contributed by atoms with Crippen LogP contribution in [0.15, 0.2) is 16.5 Å². The minimum Gasteiger partial charge on any atom is -0.475 e. The normalized spacial score (nSPS) is 18.4. The molecule has 0 aliphatic heterocycles. The monoisotopic (exact) mass is 237 g/mol. The Labute approximate surface area is 101 Å². The highest BCUT2D eigenvalue weighted by Gasteiger charge is 2.27. The molecule has 0 aromatic carbocycles. The fourth-order valence-corrected chi connectivity index (χ4v) is 2.48. The van der Waals surface area contributed by atoms with Crippen LogP contribution in [0.3, 0.4) is 0 Å². The predicted octanol–water partition coefficient (Wildman–Crippen LogP) is 2.65. The molecular formula is C13H19NO3. The Morgan fingerprint density at radius 2 is 2.18 bits per heavy atom. The summed E-state index contributed by atoms with van der Waals surface area (Å²) < 4.78 is 5.18. The number of rotatable bonds is 5. The predicted molar refractivity (Wildman–Crippen MR) is 63.9 cm³/mol. The molecule has 17 heavy (non-hydrogen) atoms. The van der Waals surface area contributed by atoms with E-state index in [1.54, 1.807) is 6.07 Å². The number of carboxylic acid groups (broad SMARTS) is 1.